The summed E-state index contributed by atoms with van der Waals surface area (Å²) in [5.41, 5.74) is 0. The van der Waals surface area contributed by atoms with Gasteiger partial charge in [0.25, 0.3) is 0 Å². The van der Waals surface area contributed by atoms with Crippen LogP contribution in [0.3, 0.4) is 0 Å². The van der Waals surface area contributed by atoms with Gasteiger partial charge in [-0.2, -0.15) is 0 Å². The molecule has 2 fully saturated rings. The van der Waals surface area contributed by atoms with Crippen LogP contribution in [0.1, 0.15) is 0 Å². The largest absolute Gasteiger partial charge is 0.476 e. The standard InChI is InChI=1S/C21H38O11S2/c1-22-13-11(31-19(28-7)17(26-5)15(13)24-3)9-30-21(33)34-10-12-14(23-2)16(25-4)18(27-6)20(29-8)32-12/h11-20H,9-10H2,1-8H3/t11-,12-,13-,14-,15+,16+,17-,18-,19+,20+/m1/s1. The molecule has 0 radical (unpaired) electrons. The molecule has 0 saturated carbocycles. The van der Waals surface area contributed by atoms with E-state index >= 15 is 0 Å². The zero-order chi connectivity index (χ0) is 25.3. The summed E-state index contributed by atoms with van der Waals surface area (Å²) >= 11 is 6.76. The zero-order valence-electron chi connectivity index (χ0n) is 21.0. The molecule has 2 saturated heterocycles. The van der Waals surface area contributed by atoms with Crippen LogP contribution in [0.5, 0.6) is 0 Å². The van der Waals surface area contributed by atoms with Crippen molar-refractivity contribution >= 4 is 28.4 Å². The summed E-state index contributed by atoms with van der Waals surface area (Å²) in [6.45, 7) is 0.146. The van der Waals surface area contributed by atoms with Gasteiger partial charge < -0.3 is 52.1 Å². The van der Waals surface area contributed by atoms with E-state index in [0.29, 0.717) is 10.1 Å². The van der Waals surface area contributed by atoms with Gasteiger partial charge in [-0.1, -0.05) is 11.8 Å². The molecule has 34 heavy (non-hydrogen) atoms. The Hall–Kier alpha value is -0.160. The Morgan fingerprint density at radius 1 is 0.588 bits per heavy atom. The van der Waals surface area contributed by atoms with E-state index in [-0.39, 0.29) is 24.9 Å². The highest BCUT2D eigenvalue weighted by Crippen LogP contribution is 2.31. The number of methoxy groups -OCH3 is 8. The molecule has 0 N–H and O–H groups in total. The van der Waals surface area contributed by atoms with Crippen LogP contribution in [-0.2, 0) is 52.1 Å². The lowest BCUT2D eigenvalue weighted by atomic mass is 9.98. The molecule has 0 bridgehead atoms. The molecule has 11 nitrogen and oxygen atoms in total. The van der Waals surface area contributed by atoms with Gasteiger partial charge in [0, 0.05) is 62.6 Å². The first-order valence-electron chi connectivity index (χ1n) is 10.8. The lowest BCUT2D eigenvalue weighted by Crippen LogP contribution is -2.61. The van der Waals surface area contributed by atoms with Crippen molar-refractivity contribution < 1.29 is 52.1 Å². The van der Waals surface area contributed by atoms with Gasteiger partial charge in [0.15, 0.2) is 12.6 Å². The van der Waals surface area contributed by atoms with Gasteiger partial charge >= 0.3 is 0 Å². The van der Waals surface area contributed by atoms with E-state index in [1.807, 2.05) is 0 Å². The highest BCUT2D eigenvalue weighted by atomic mass is 32.2. The quantitative estimate of drug-likeness (QED) is 0.334. The van der Waals surface area contributed by atoms with Crippen molar-refractivity contribution in [2.45, 2.75) is 61.4 Å². The lowest BCUT2D eigenvalue weighted by molar-refractivity contribution is -0.305. The minimum absolute atomic E-state index is 0.146. The van der Waals surface area contributed by atoms with Crippen LogP contribution in [0.25, 0.3) is 0 Å². The molecule has 0 aromatic carbocycles. The minimum Gasteiger partial charge on any atom is -0.476 e. The summed E-state index contributed by atoms with van der Waals surface area (Å²) in [5.74, 6) is 0.458. The third kappa shape index (κ3) is 6.99. The molecule has 2 aliphatic rings. The molecule has 13 heteroatoms. The molecule has 0 amide bonds. The molecular formula is C21H38O11S2. The van der Waals surface area contributed by atoms with Crippen LogP contribution >= 0.6 is 24.0 Å². The maximum Gasteiger partial charge on any atom is 0.220 e. The number of ether oxygens (including phenoxy) is 11. The van der Waals surface area contributed by atoms with Gasteiger partial charge in [-0.05, 0) is 12.2 Å². The second-order valence-electron chi connectivity index (χ2n) is 7.63. The molecule has 0 spiro atoms. The first-order valence-corrected chi connectivity index (χ1v) is 12.2. The average Bonchev–Trinajstić information content (AvgIpc) is 2.87. The molecule has 2 aliphatic heterocycles. The summed E-state index contributed by atoms with van der Waals surface area (Å²) in [5, 5.41) is 0. The highest BCUT2D eigenvalue weighted by Gasteiger charge is 2.49. The van der Waals surface area contributed by atoms with Crippen molar-refractivity contribution in [1.82, 2.24) is 0 Å². The molecule has 0 unspecified atom stereocenters. The van der Waals surface area contributed by atoms with Crippen LogP contribution in [0.2, 0.25) is 0 Å². The summed E-state index contributed by atoms with van der Waals surface area (Å²) in [6.07, 6.45) is -4.59. The van der Waals surface area contributed by atoms with Crippen molar-refractivity contribution in [2.24, 2.45) is 0 Å². The van der Waals surface area contributed by atoms with E-state index in [1.54, 1.807) is 56.9 Å². The molecule has 10 atom stereocenters. The Labute approximate surface area is 211 Å². The summed E-state index contributed by atoms with van der Waals surface area (Å²) in [7, 11) is 12.6. The second kappa shape index (κ2) is 15.2. The van der Waals surface area contributed by atoms with Gasteiger partial charge in [0.2, 0.25) is 4.38 Å². The normalized spacial score (nSPS) is 38.6. The van der Waals surface area contributed by atoms with Gasteiger partial charge in [0.1, 0.15) is 49.3 Å². The first-order chi connectivity index (χ1) is 16.4. The number of hydrogen-bond donors (Lipinski definition) is 0. The van der Waals surface area contributed by atoms with E-state index < -0.39 is 43.1 Å². The zero-order valence-corrected chi connectivity index (χ0v) is 22.6. The predicted molar refractivity (Wildman–Crippen MR) is 127 cm³/mol. The highest BCUT2D eigenvalue weighted by molar-refractivity contribution is 8.22. The van der Waals surface area contributed by atoms with Gasteiger partial charge in [0.05, 0.1) is 6.10 Å². The minimum atomic E-state index is -0.639. The average molecular weight is 531 g/mol. The van der Waals surface area contributed by atoms with E-state index in [0.717, 1.165) is 0 Å². The molecule has 2 heterocycles. The Bertz CT molecular complexity index is 553. The first kappa shape index (κ1) is 30.1. The van der Waals surface area contributed by atoms with E-state index in [4.69, 9.17) is 64.3 Å². The van der Waals surface area contributed by atoms with Gasteiger partial charge in [-0.15, -0.1) is 0 Å². The summed E-state index contributed by atoms with van der Waals surface area (Å²) in [4.78, 5) is 0. The Morgan fingerprint density at radius 2 is 1.00 bits per heavy atom. The maximum atomic E-state index is 6.06. The van der Waals surface area contributed by atoms with Crippen molar-refractivity contribution in [3.05, 3.63) is 0 Å². The third-order valence-corrected chi connectivity index (χ3v) is 7.33. The molecule has 0 aromatic rings. The number of thioether (sulfide) groups is 1. The van der Waals surface area contributed by atoms with E-state index in [9.17, 15) is 0 Å². The van der Waals surface area contributed by atoms with E-state index in [2.05, 4.69) is 0 Å². The topological polar surface area (TPSA) is 102 Å². The molecule has 2 rings (SSSR count). The number of hydrogen-bond acceptors (Lipinski definition) is 13. The third-order valence-electron chi connectivity index (χ3n) is 6.01. The van der Waals surface area contributed by atoms with Crippen molar-refractivity contribution in [3.63, 3.8) is 0 Å². The monoisotopic (exact) mass is 530 g/mol. The predicted octanol–water partition coefficient (Wildman–Crippen LogP) is 0.854. The fraction of sp³-hybridized carbons (Fsp3) is 0.952. The Morgan fingerprint density at radius 3 is 1.41 bits per heavy atom. The maximum absolute atomic E-state index is 6.06. The van der Waals surface area contributed by atoms with Crippen LogP contribution in [0.15, 0.2) is 0 Å². The molecule has 0 aliphatic carbocycles. The smallest absolute Gasteiger partial charge is 0.220 e. The van der Waals surface area contributed by atoms with Crippen LogP contribution in [0, 0.1) is 0 Å². The Balaban J connectivity index is 1.96. The lowest BCUT2D eigenvalue weighted by Gasteiger charge is -2.44. The van der Waals surface area contributed by atoms with Crippen LogP contribution < -0.4 is 0 Å². The SMILES string of the molecule is CO[C@H]1O[C@H](COC(=S)SC[C@H]2O[C@H](OC)[C@H](OC)[C@@H](OC)[C@@H]2OC)[C@@H](OC)[C@H](OC)[C@H]1OC. The Kier molecular flexibility index (Phi) is 13.4. The van der Waals surface area contributed by atoms with Gasteiger partial charge in [-0.3, -0.25) is 0 Å². The number of rotatable bonds is 12. The van der Waals surface area contributed by atoms with Crippen molar-refractivity contribution in [3.8, 4) is 0 Å². The fourth-order valence-electron chi connectivity index (χ4n) is 4.35. The van der Waals surface area contributed by atoms with Crippen LogP contribution in [-0.4, -0.2) is 135 Å². The van der Waals surface area contributed by atoms with Crippen LogP contribution in [0.4, 0.5) is 0 Å². The van der Waals surface area contributed by atoms with E-state index in [1.165, 1.54) is 11.8 Å². The molecule has 200 valence electrons. The van der Waals surface area contributed by atoms with Crippen molar-refractivity contribution in [1.29, 1.82) is 0 Å². The molecule has 0 aromatic heterocycles. The van der Waals surface area contributed by atoms with Gasteiger partial charge in [-0.25, -0.2) is 0 Å². The summed E-state index contributed by atoms with van der Waals surface area (Å²) in [6, 6.07) is 0. The summed E-state index contributed by atoms with van der Waals surface area (Å²) < 4.78 is 62.6. The number of thiocarbonyl (C=S) groups is 1. The molecular weight excluding hydrogens is 492 g/mol. The second-order valence-corrected chi connectivity index (χ2v) is 9.25. The van der Waals surface area contributed by atoms with Crippen molar-refractivity contribution in [2.75, 3.05) is 69.2 Å². The fourth-order valence-corrected chi connectivity index (χ4v) is 5.34.